The number of hydrogen-bond acceptors (Lipinski definition) is 5. The Morgan fingerprint density at radius 2 is 2.10 bits per heavy atom. The van der Waals surface area contributed by atoms with E-state index in [0.717, 1.165) is 22.2 Å². The van der Waals surface area contributed by atoms with Gasteiger partial charge in [0.05, 0.1) is 15.1 Å². The van der Waals surface area contributed by atoms with Crippen molar-refractivity contribution in [2.24, 2.45) is 0 Å². The summed E-state index contributed by atoms with van der Waals surface area (Å²) in [5.74, 6) is 1.16. The Bertz CT molecular complexity index is 678. The molecule has 0 fully saturated rings. The van der Waals surface area contributed by atoms with Crippen LogP contribution in [0.2, 0.25) is 0 Å². The van der Waals surface area contributed by atoms with Crippen molar-refractivity contribution in [3.8, 4) is 11.4 Å². The quantitative estimate of drug-likeness (QED) is 0.671. The lowest BCUT2D eigenvalue weighted by atomic mass is 10.1. The van der Waals surface area contributed by atoms with E-state index in [0.29, 0.717) is 17.2 Å². The molecule has 0 radical (unpaired) electrons. The number of nitrogens with zero attached hydrogens (tertiary/aromatic N) is 3. The van der Waals surface area contributed by atoms with Gasteiger partial charge in [-0.2, -0.15) is 0 Å². The minimum absolute atomic E-state index is 0.0335. The van der Waals surface area contributed by atoms with Gasteiger partial charge in [-0.25, -0.2) is 9.97 Å². The minimum atomic E-state index is -0.415. The molecular formula is C14H15BrN4O2. The Balaban J connectivity index is 2.66. The van der Waals surface area contributed by atoms with E-state index in [-0.39, 0.29) is 5.69 Å². The van der Waals surface area contributed by atoms with Crippen LogP contribution in [0.3, 0.4) is 0 Å². The Morgan fingerprint density at radius 3 is 2.67 bits per heavy atom. The van der Waals surface area contributed by atoms with Gasteiger partial charge in [0.1, 0.15) is 5.82 Å². The summed E-state index contributed by atoms with van der Waals surface area (Å²) in [5.41, 5.74) is 2.45. The molecule has 0 saturated carbocycles. The second-order valence-corrected chi connectivity index (χ2v) is 5.31. The highest BCUT2D eigenvalue weighted by Crippen LogP contribution is 2.30. The zero-order valence-electron chi connectivity index (χ0n) is 12.0. The molecule has 0 aliphatic heterocycles. The summed E-state index contributed by atoms with van der Waals surface area (Å²) in [6.07, 6.45) is 0.735. The van der Waals surface area contributed by atoms with E-state index >= 15 is 0 Å². The summed E-state index contributed by atoms with van der Waals surface area (Å²) in [5, 5.41) is 13.9. The number of nitro groups is 1. The van der Waals surface area contributed by atoms with Gasteiger partial charge >= 0.3 is 0 Å². The number of aryl methyl sites for hydroxylation is 2. The van der Waals surface area contributed by atoms with Crippen LogP contribution in [0.15, 0.2) is 22.7 Å². The first-order valence-corrected chi connectivity index (χ1v) is 7.26. The Kier molecular flexibility index (Phi) is 4.52. The van der Waals surface area contributed by atoms with Crippen LogP contribution in [-0.4, -0.2) is 21.9 Å². The summed E-state index contributed by atoms with van der Waals surface area (Å²) < 4.78 is 0.819. The Hall–Kier alpha value is -2.02. The van der Waals surface area contributed by atoms with Crippen molar-refractivity contribution in [3.05, 3.63) is 44.0 Å². The van der Waals surface area contributed by atoms with Crippen LogP contribution in [0.1, 0.15) is 18.2 Å². The number of hydrogen-bond donors (Lipinski definition) is 1. The first-order valence-electron chi connectivity index (χ1n) is 6.47. The van der Waals surface area contributed by atoms with Crippen LogP contribution in [0.4, 0.5) is 11.5 Å². The summed E-state index contributed by atoms with van der Waals surface area (Å²) in [6, 6.07) is 4.71. The van der Waals surface area contributed by atoms with Crippen LogP contribution in [0.5, 0.6) is 0 Å². The summed E-state index contributed by atoms with van der Waals surface area (Å²) in [4.78, 5) is 19.5. The minimum Gasteiger partial charge on any atom is -0.372 e. The molecule has 7 heteroatoms. The third kappa shape index (κ3) is 3.02. The number of rotatable bonds is 4. The Labute approximate surface area is 130 Å². The van der Waals surface area contributed by atoms with Gasteiger partial charge in [0.2, 0.25) is 0 Å². The van der Waals surface area contributed by atoms with Crippen molar-refractivity contribution in [1.29, 1.82) is 0 Å². The number of aromatic nitrogens is 2. The monoisotopic (exact) mass is 350 g/mol. The summed E-state index contributed by atoms with van der Waals surface area (Å²) in [7, 11) is 1.77. The van der Waals surface area contributed by atoms with Gasteiger partial charge in [-0.3, -0.25) is 10.1 Å². The van der Waals surface area contributed by atoms with Crippen molar-refractivity contribution >= 4 is 27.4 Å². The van der Waals surface area contributed by atoms with E-state index in [1.54, 1.807) is 13.1 Å². The molecule has 1 aromatic carbocycles. The molecule has 0 aliphatic carbocycles. The molecule has 21 heavy (non-hydrogen) atoms. The van der Waals surface area contributed by atoms with Crippen LogP contribution in [0.25, 0.3) is 11.4 Å². The molecule has 0 aliphatic rings. The summed E-state index contributed by atoms with van der Waals surface area (Å²) in [6.45, 7) is 3.88. The first-order chi connectivity index (χ1) is 9.97. The molecule has 0 bridgehead atoms. The van der Waals surface area contributed by atoms with Crippen LogP contribution in [-0.2, 0) is 6.42 Å². The largest absolute Gasteiger partial charge is 0.372 e. The standard InChI is InChI=1S/C14H15BrN4O2/c1-4-11-12(15)14(16-3)18-13(17-11)10-7-9(19(20)21)6-5-8(10)2/h5-7H,4H2,1-3H3,(H,16,17,18). The van der Waals surface area contributed by atoms with Crippen molar-refractivity contribution in [2.75, 3.05) is 12.4 Å². The molecular weight excluding hydrogens is 336 g/mol. The second-order valence-electron chi connectivity index (χ2n) is 4.52. The number of non-ortho nitro benzene ring substituents is 1. The van der Waals surface area contributed by atoms with Crippen LogP contribution in [0, 0.1) is 17.0 Å². The number of nitrogens with one attached hydrogen (secondary N) is 1. The fourth-order valence-electron chi connectivity index (χ4n) is 1.98. The lowest BCUT2D eigenvalue weighted by Crippen LogP contribution is -2.03. The smallest absolute Gasteiger partial charge is 0.270 e. The molecule has 2 aromatic rings. The molecule has 1 heterocycles. The van der Waals surface area contributed by atoms with Crippen LogP contribution >= 0.6 is 15.9 Å². The highest BCUT2D eigenvalue weighted by atomic mass is 79.9. The first kappa shape index (κ1) is 15.4. The lowest BCUT2D eigenvalue weighted by molar-refractivity contribution is -0.384. The van der Waals surface area contributed by atoms with E-state index < -0.39 is 4.92 Å². The van der Waals surface area contributed by atoms with E-state index in [4.69, 9.17) is 0 Å². The molecule has 0 atom stereocenters. The van der Waals surface area contributed by atoms with Crippen molar-refractivity contribution in [1.82, 2.24) is 9.97 Å². The Morgan fingerprint density at radius 1 is 1.38 bits per heavy atom. The molecule has 0 amide bonds. The predicted octanol–water partition coefficient (Wildman–Crippen LogP) is 3.73. The lowest BCUT2D eigenvalue weighted by Gasteiger charge is -2.11. The van der Waals surface area contributed by atoms with Crippen LogP contribution < -0.4 is 5.32 Å². The van der Waals surface area contributed by atoms with E-state index in [2.05, 4.69) is 31.2 Å². The fraction of sp³-hybridized carbons (Fsp3) is 0.286. The molecule has 0 spiro atoms. The predicted molar refractivity (Wildman–Crippen MR) is 85.5 cm³/mol. The van der Waals surface area contributed by atoms with Gasteiger partial charge in [-0.1, -0.05) is 13.0 Å². The van der Waals surface area contributed by atoms with E-state index in [9.17, 15) is 10.1 Å². The molecule has 0 unspecified atom stereocenters. The van der Waals surface area contributed by atoms with Gasteiger partial charge in [0.25, 0.3) is 5.69 Å². The topological polar surface area (TPSA) is 81.0 Å². The molecule has 2 rings (SSSR count). The van der Waals surface area contributed by atoms with Gasteiger partial charge in [-0.15, -0.1) is 0 Å². The molecule has 1 aromatic heterocycles. The number of benzene rings is 1. The maximum Gasteiger partial charge on any atom is 0.270 e. The average molecular weight is 351 g/mol. The second kappa shape index (κ2) is 6.17. The third-order valence-electron chi connectivity index (χ3n) is 3.16. The molecule has 1 N–H and O–H groups in total. The van der Waals surface area contributed by atoms with E-state index in [1.807, 2.05) is 13.8 Å². The summed E-state index contributed by atoms with van der Waals surface area (Å²) >= 11 is 3.47. The number of halogens is 1. The van der Waals surface area contributed by atoms with Crippen molar-refractivity contribution in [2.45, 2.75) is 20.3 Å². The van der Waals surface area contributed by atoms with Crippen molar-refractivity contribution in [3.63, 3.8) is 0 Å². The molecule has 6 nitrogen and oxygen atoms in total. The van der Waals surface area contributed by atoms with Gasteiger partial charge in [0.15, 0.2) is 5.82 Å². The highest BCUT2D eigenvalue weighted by molar-refractivity contribution is 9.10. The zero-order chi connectivity index (χ0) is 15.6. The van der Waals surface area contributed by atoms with Gasteiger partial charge in [-0.05, 0) is 34.8 Å². The highest BCUT2D eigenvalue weighted by Gasteiger charge is 2.16. The molecule has 110 valence electrons. The maximum absolute atomic E-state index is 10.9. The van der Waals surface area contributed by atoms with Gasteiger partial charge < -0.3 is 5.32 Å². The average Bonchev–Trinajstić information content (AvgIpc) is 2.48. The van der Waals surface area contributed by atoms with Gasteiger partial charge in [0, 0.05) is 24.7 Å². The zero-order valence-corrected chi connectivity index (χ0v) is 13.6. The molecule has 0 saturated heterocycles. The normalized spacial score (nSPS) is 10.5. The van der Waals surface area contributed by atoms with E-state index in [1.165, 1.54) is 12.1 Å². The third-order valence-corrected chi connectivity index (χ3v) is 4.00. The fourth-order valence-corrected chi connectivity index (χ4v) is 2.63. The number of nitro benzene ring substituents is 1. The maximum atomic E-state index is 10.9. The SMILES string of the molecule is CCc1nc(-c2cc([N+](=O)[O-])ccc2C)nc(NC)c1Br. The number of anilines is 1. The van der Waals surface area contributed by atoms with Crippen molar-refractivity contribution < 1.29 is 4.92 Å².